The van der Waals surface area contributed by atoms with E-state index in [1.54, 1.807) is 36.4 Å². The van der Waals surface area contributed by atoms with Gasteiger partial charge in [-0.05, 0) is 24.4 Å². The van der Waals surface area contributed by atoms with Crippen molar-refractivity contribution in [2.45, 2.75) is 12.1 Å². The van der Waals surface area contributed by atoms with Gasteiger partial charge in [0.2, 0.25) is 11.8 Å². The van der Waals surface area contributed by atoms with Crippen LogP contribution in [0.15, 0.2) is 36.4 Å². The zero-order valence-electron chi connectivity index (χ0n) is 19.4. The summed E-state index contributed by atoms with van der Waals surface area (Å²) in [5, 5.41) is 10.7. The molecule has 2 saturated heterocycles. The van der Waals surface area contributed by atoms with Gasteiger partial charge in [-0.3, -0.25) is 20.2 Å². The lowest BCUT2D eigenvalue weighted by molar-refractivity contribution is -0.150. The van der Waals surface area contributed by atoms with E-state index in [0.29, 0.717) is 34.1 Å². The summed E-state index contributed by atoms with van der Waals surface area (Å²) in [5.41, 5.74) is -1.13. The van der Waals surface area contributed by atoms with E-state index < -0.39 is 35.3 Å². The maximum atomic E-state index is 13.7. The van der Waals surface area contributed by atoms with Crippen LogP contribution in [0.25, 0.3) is 0 Å². The minimum Gasteiger partial charge on any atom is -0.493 e. The fraction of sp³-hybridized carbons (Fsp3) is 0.304. The number of urea groups is 1. The number of methoxy groups -OCH3 is 4. The van der Waals surface area contributed by atoms with Gasteiger partial charge in [0.25, 0.3) is 0 Å². The first kappa shape index (κ1) is 24.1. The summed E-state index contributed by atoms with van der Waals surface area (Å²) in [7, 11) is 5.84. The summed E-state index contributed by atoms with van der Waals surface area (Å²) >= 11 is 5.50. The molecule has 184 valence electrons. The van der Waals surface area contributed by atoms with E-state index in [0.717, 1.165) is 0 Å². The predicted octanol–water partition coefficient (Wildman–Crippen LogP) is 1.33. The number of imide groups is 2. The summed E-state index contributed by atoms with van der Waals surface area (Å²) in [6.45, 7) is 0. The normalized spacial score (nSPS) is 20.8. The Bertz CT molecular complexity index is 1130. The number of para-hydroxylation sites is 2. The highest BCUT2D eigenvalue weighted by atomic mass is 32.1. The molecular formula is C23H24N4O7S. The number of hydrogen-bond acceptors (Lipinski definition) is 8. The Morgan fingerprint density at radius 3 is 1.51 bits per heavy atom. The van der Waals surface area contributed by atoms with Crippen molar-refractivity contribution in [2.24, 2.45) is 5.41 Å². The van der Waals surface area contributed by atoms with E-state index in [4.69, 9.17) is 31.2 Å². The van der Waals surface area contributed by atoms with Crippen LogP contribution in [0.2, 0.25) is 0 Å². The number of rotatable bonds is 6. The fourth-order valence-corrected chi connectivity index (χ4v) is 4.93. The Kier molecular flexibility index (Phi) is 6.39. The smallest absolute Gasteiger partial charge is 0.328 e. The van der Waals surface area contributed by atoms with Crippen LogP contribution in [0.4, 0.5) is 4.79 Å². The molecule has 0 unspecified atom stereocenters. The second kappa shape index (κ2) is 9.29. The van der Waals surface area contributed by atoms with Gasteiger partial charge in [-0.1, -0.05) is 24.3 Å². The van der Waals surface area contributed by atoms with E-state index in [1.165, 1.54) is 28.4 Å². The lowest BCUT2D eigenvalue weighted by atomic mass is 9.65. The molecule has 0 saturated carbocycles. The molecule has 2 aliphatic heterocycles. The molecule has 2 aromatic carbocycles. The molecule has 1 spiro atoms. The van der Waals surface area contributed by atoms with E-state index >= 15 is 0 Å². The number of carbonyl (C=O) groups excluding carboxylic acids is 3. The molecule has 2 atom stereocenters. The molecular weight excluding hydrogens is 476 g/mol. The van der Waals surface area contributed by atoms with Crippen molar-refractivity contribution in [3.05, 3.63) is 47.5 Å². The SMILES string of the molecule is COc1cccc([C@H]2NC(=S)N[C@@H](c3cccc(OC)c3OC)C23C(=O)NC(=O)NC3=O)c1OC. The Morgan fingerprint density at radius 2 is 1.14 bits per heavy atom. The zero-order chi connectivity index (χ0) is 25.3. The van der Waals surface area contributed by atoms with Crippen LogP contribution in [0.5, 0.6) is 23.0 Å². The van der Waals surface area contributed by atoms with E-state index in [-0.39, 0.29) is 5.11 Å². The van der Waals surface area contributed by atoms with E-state index in [9.17, 15) is 14.4 Å². The first-order valence-electron chi connectivity index (χ1n) is 10.5. The monoisotopic (exact) mass is 500 g/mol. The Balaban J connectivity index is 2.04. The van der Waals surface area contributed by atoms with E-state index in [2.05, 4.69) is 21.3 Å². The van der Waals surface area contributed by atoms with Crippen molar-refractivity contribution in [2.75, 3.05) is 28.4 Å². The quantitative estimate of drug-likeness (QED) is 0.340. The van der Waals surface area contributed by atoms with Crippen molar-refractivity contribution >= 4 is 35.2 Å². The van der Waals surface area contributed by atoms with Gasteiger partial charge in [0.1, 0.15) is 0 Å². The van der Waals surface area contributed by atoms with Crippen LogP contribution >= 0.6 is 12.2 Å². The number of ether oxygens (including phenoxy) is 4. The molecule has 2 heterocycles. The van der Waals surface area contributed by atoms with Gasteiger partial charge < -0.3 is 29.6 Å². The lowest BCUT2D eigenvalue weighted by Gasteiger charge is -2.49. The third kappa shape index (κ3) is 3.66. The number of nitrogens with one attached hydrogen (secondary N) is 4. The summed E-state index contributed by atoms with van der Waals surface area (Å²) in [6, 6.07) is 7.06. The molecule has 4 rings (SSSR count). The van der Waals surface area contributed by atoms with Crippen molar-refractivity contribution in [1.82, 2.24) is 21.3 Å². The van der Waals surface area contributed by atoms with Crippen LogP contribution in [0, 0.1) is 5.41 Å². The number of hydrogen-bond donors (Lipinski definition) is 4. The average Bonchev–Trinajstić information content (AvgIpc) is 2.85. The minimum absolute atomic E-state index is 0.165. The van der Waals surface area contributed by atoms with Gasteiger partial charge in [0.15, 0.2) is 33.5 Å². The number of barbiturate groups is 1. The van der Waals surface area contributed by atoms with Crippen molar-refractivity contribution in [3.8, 4) is 23.0 Å². The second-order valence-corrected chi connectivity index (χ2v) is 8.16. The van der Waals surface area contributed by atoms with Gasteiger partial charge in [0, 0.05) is 11.1 Å². The lowest BCUT2D eigenvalue weighted by Crippen LogP contribution is -2.73. The Hall–Kier alpha value is -4.06. The van der Waals surface area contributed by atoms with Gasteiger partial charge >= 0.3 is 6.03 Å². The molecule has 35 heavy (non-hydrogen) atoms. The molecule has 12 heteroatoms. The standard InChI is InChI=1S/C23H24N4O7S/c1-31-13-9-5-7-11(15(13)33-3)17-23(19(28)26-21(30)27-20(23)29)18(25-22(35)24-17)12-8-6-10-14(32-2)16(12)34-4/h5-10,17-18H,1-4H3,(H2,24,25,35)(H2,26,27,28,29,30)/t17-,18+. The highest BCUT2D eigenvalue weighted by Gasteiger charge is 2.65. The first-order chi connectivity index (χ1) is 16.8. The predicted molar refractivity (Wildman–Crippen MR) is 128 cm³/mol. The molecule has 0 radical (unpaired) electrons. The molecule has 4 amide bonds. The molecule has 2 fully saturated rings. The number of thiocarbonyl (C=S) groups is 1. The van der Waals surface area contributed by atoms with Gasteiger partial charge in [-0.15, -0.1) is 0 Å². The molecule has 11 nitrogen and oxygen atoms in total. The maximum Gasteiger partial charge on any atom is 0.328 e. The molecule has 4 N–H and O–H groups in total. The molecule has 0 aromatic heterocycles. The molecule has 0 bridgehead atoms. The van der Waals surface area contributed by atoms with E-state index in [1.807, 2.05) is 0 Å². The highest BCUT2D eigenvalue weighted by molar-refractivity contribution is 7.80. The number of carbonyl (C=O) groups is 3. The van der Waals surface area contributed by atoms with Crippen LogP contribution in [0.3, 0.4) is 0 Å². The summed E-state index contributed by atoms with van der Waals surface area (Å²) in [5.74, 6) is -0.308. The van der Waals surface area contributed by atoms with Gasteiger partial charge in [-0.2, -0.15) is 0 Å². The van der Waals surface area contributed by atoms with Crippen molar-refractivity contribution in [3.63, 3.8) is 0 Å². The zero-order valence-corrected chi connectivity index (χ0v) is 20.2. The summed E-state index contributed by atoms with van der Waals surface area (Å²) in [4.78, 5) is 39.5. The van der Waals surface area contributed by atoms with Crippen LogP contribution in [-0.4, -0.2) is 51.4 Å². The van der Waals surface area contributed by atoms with Crippen LogP contribution in [-0.2, 0) is 9.59 Å². The molecule has 2 aliphatic rings. The van der Waals surface area contributed by atoms with Gasteiger partial charge in [0.05, 0.1) is 40.5 Å². The van der Waals surface area contributed by atoms with Crippen LogP contribution in [0.1, 0.15) is 23.2 Å². The third-order valence-corrected chi connectivity index (χ3v) is 6.39. The third-order valence-electron chi connectivity index (χ3n) is 6.16. The highest BCUT2D eigenvalue weighted by Crippen LogP contribution is 2.53. The largest absolute Gasteiger partial charge is 0.493 e. The maximum absolute atomic E-state index is 13.7. The number of amides is 4. The Labute approximate surface area is 206 Å². The van der Waals surface area contributed by atoms with Crippen LogP contribution < -0.4 is 40.2 Å². The van der Waals surface area contributed by atoms with Gasteiger partial charge in [-0.25, -0.2) is 4.79 Å². The average molecular weight is 501 g/mol. The fourth-order valence-electron chi connectivity index (χ4n) is 4.69. The van der Waals surface area contributed by atoms with Crippen molar-refractivity contribution < 1.29 is 33.3 Å². The van der Waals surface area contributed by atoms with Crippen molar-refractivity contribution in [1.29, 1.82) is 0 Å². The minimum atomic E-state index is -1.96. The summed E-state index contributed by atoms with van der Waals surface area (Å²) < 4.78 is 22.1. The molecule has 0 aliphatic carbocycles. The topological polar surface area (TPSA) is 136 Å². The summed E-state index contributed by atoms with van der Waals surface area (Å²) in [6.07, 6.45) is 0. The first-order valence-corrected chi connectivity index (χ1v) is 10.9. The second-order valence-electron chi connectivity index (χ2n) is 7.76. The number of benzene rings is 2. The molecule has 2 aromatic rings. The Morgan fingerprint density at radius 1 is 0.714 bits per heavy atom.